The molecule has 150 valence electrons. The highest BCUT2D eigenvalue weighted by Crippen LogP contribution is 2.16. The monoisotopic (exact) mass is 368 g/mol. The van der Waals surface area contributed by atoms with Gasteiger partial charge in [-0.3, -0.25) is 9.59 Å². The summed E-state index contributed by atoms with van der Waals surface area (Å²) < 4.78 is 10.3. The Hall–Kier alpha value is -1.54. The van der Waals surface area contributed by atoms with E-state index < -0.39 is 12.1 Å². The van der Waals surface area contributed by atoms with E-state index in [1.807, 2.05) is 0 Å². The summed E-state index contributed by atoms with van der Waals surface area (Å²) in [7, 11) is 0. The lowest BCUT2D eigenvalue weighted by Crippen LogP contribution is -2.28. The summed E-state index contributed by atoms with van der Waals surface area (Å²) in [6.07, 6.45) is 16.8. The minimum Gasteiger partial charge on any atom is -0.462 e. The third-order valence-corrected chi connectivity index (χ3v) is 4.24. The SMILES string of the molecule is C#CCCCCCCCCCCC[C@H](C[C@H](CO)OC(C)=O)OC(C)=O. The quantitative estimate of drug-likeness (QED) is 0.252. The van der Waals surface area contributed by atoms with Gasteiger partial charge in [0.05, 0.1) is 6.61 Å². The van der Waals surface area contributed by atoms with Gasteiger partial charge in [-0.2, -0.15) is 0 Å². The molecule has 2 atom stereocenters. The van der Waals surface area contributed by atoms with Crippen molar-refractivity contribution >= 4 is 11.9 Å². The molecule has 0 radical (unpaired) electrons. The maximum Gasteiger partial charge on any atom is 0.302 e. The van der Waals surface area contributed by atoms with Gasteiger partial charge in [0, 0.05) is 26.7 Å². The Morgan fingerprint density at radius 1 is 0.846 bits per heavy atom. The summed E-state index contributed by atoms with van der Waals surface area (Å²) in [5, 5.41) is 9.29. The van der Waals surface area contributed by atoms with Gasteiger partial charge in [-0.15, -0.1) is 12.3 Å². The van der Waals surface area contributed by atoms with Gasteiger partial charge in [0.2, 0.25) is 0 Å². The molecule has 0 fully saturated rings. The van der Waals surface area contributed by atoms with Crippen molar-refractivity contribution in [2.75, 3.05) is 6.61 Å². The zero-order valence-corrected chi connectivity index (χ0v) is 16.5. The number of hydrogen-bond acceptors (Lipinski definition) is 5. The highest BCUT2D eigenvalue weighted by molar-refractivity contribution is 5.66. The maximum absolute atomic E-state index is 11.2. The number of terminal acetylenes is 1. The van der Waals surface area contributed by atoms with Gasteiger partial charge in [-0.25, -0.2) is 0 Å². The molecule has 0 bridgehead atoms. The lowest BCUT2D eigenvalue weighted by molar-refractivity contribution is -0.154. The van der Waals surface area contributed by atoms with E-state index in [4.69, 9.17) is 15.9 Å². The van der Waals surface area contributed by atoms with E-state index in [2.05, 4.69) is 5.92 Å². The molecule has 0 aliphatic heterocycles. The first-order valence-corrected chi connectivity index (χ1v) is 9.88. The van der Waals surface area contributed by atoms with Crippen LogP contribution in [0.2, 0.25) is 0 Å². The topological polar surface area (TPSA) is 72.8 Å². The Balaban J connectivity index is 3.85. The highest BCUT2D eigenvalue weighted by atomic mass is 16.6. The summed E-state index contributed by atoms with van der Waals surface area (Å²) in [5.41, 5.74) is 0. The second kappa shape index (κ2) is 16.9. The van der Waals surface area contributed by atoms with Crippen LogP contribution in [-0.4, -0.2) is 35.9 Å². The van der Waals surface area contributed by atoms with Crippen molar-refractivity contribution in [1.82, 2.24) is 0 Å². The molecule has 0 aliphatic rings. The van der Waals surface area contributed by atoms with Gasteiger partial charge in [-0.1, -0.05) is 44.9 Å². The van der Waals surface area contributed by atoms with E-state index in [-0.39, 0.29) is 18.7 Å². The van der Waals surface area contributed by atoms with Crippen molar-refractivity contribution in [1.29, 1.82) is 0 Å². The molecule has 5 heteroatoms. The Bertz CT molecular complexity index is 413. The first-order chi connectivity index (χ1) is 12.5. The number of unbranched alkanes of at least 4 members (excludes halogenated alkanes) is 9. The van der Waals surface area contributed by atoms with Gasteiger partial charge >= 0.3 is 11.9 Å². The molecule has 0 unspecified atom stereocenters. The molecule has 0 saturated carbocycles. The van der Waals surface area contributed by atoms with Crippen LogP contribution >= 0.6 is 0 Å². The molecule has 1 N–H and O–H groups in total. The molecule has 0 spiro atoms. The fourth-order valence-corrected chi connectivity index (χ4v) is 2.98. The van der Waals surface area contributed by atoms with Crippen LogP contribution in [-0.2, 0) is 19.1 Å². The summed E-state index contributed by atoms with van der Waals surface area (Å²) in [6, 6.07) is 0. The first kappa shape index (κ1) is 24.5. The smallest absolute Gasteiger partial charge is 0.302 e. The number of hydrogen-bond donors (Lipinski definition) is 1. The number of carbonyl (C=O) groups excluding carboxylic acids is 2. The van der Waals surface area contributed by atoms with Gasteiger partial charge in [0.1, 0.15) is 12.2 Å². The predicted octanol–water partition coefficient (Wildman–Crippen LogP) is 4.16. The molecule has 0 aromatic rings. The average molecular weight is 369 g/mol. The van der Waals surface area contributed by atoms with Gasteiger partial charge in [0.15, 0.2) is 0 Å². The Kier molecular flexibility index (Phi) is 15.9. The molecular weight excluding hydrogens is 332 g/mol. The summed E-state index contributed by atoms with van der Waals surface area (Å²) in [6.45, 7) is 2.41. The zero-order valence-electron chi connectivity index (χ0n) is 16.5. The van der Waals surface area contributed by atoms with Crippen LogP contribution < -0.4 is 0 Å². The maximum atomic E-state index is 11.2. The number of rotatable bonds is 16. The van der Waals surface area contributed by atoms with E-state index in [0.717, 1.165) is 32.1 Å². The number of carbonyl (C=O) groups is 2. The molecule has 0 aromatic heterocycles. The third kappa shape index (κ3) is 16.0. The Labute approximate surface area is 158 Å². The van der Waals surface area contributed by atoms with Crippen LogP contribution in [0.4, 0.5) is 0 Å². The normalized spacial score (nSPS) is 12.8. The molecular formula is C21H36O5. The molecule has 0 aromatic carbocycles. The number of aliphatic hydroxyl groups is 1. The summed E-state index contributed by atoms with van der Waals surface area (Å²) in [5.74, 6) is 1.88. The first-order valence-electron chi connectivity index (χ1n) is 9.88. The van der Waals surface area contributed by atoms with Crippen LogP contribution in [0.1, 0.15) is 90.9 Å². The molecule has 5 nitrogen and oxygen atoms in total. The lowest BCUT2D eigenvalue weighted by Gasteiger charge is -2.22. The van der Waals surface area contributed by atoms with Crippen LogP contribution in [0, 0.1) is 12.3 Å². The minimum absolute atomic E-state index is 0.265. The van der Waals surface area contributed by atoms with Crippen molar-refractivity contribution in [3.05, 3.63) is 0 Å². The van der Waals surface area contributed by atoms with Gasteiger partial charge < -0.3 is 14.6 Å². The summed E-state index contributed by atoms with van der Waals surface area (Å²) in [4.78, 5) is 22.3. The molecule has 0 aliphatic carbocycles. The fourth-order valence-electron chi connectivity index (χ4n) is 2.98. The fraction of sp³-hybridized carbons (Fsp3) is 0.810. The Morgan fingerprint density at radius 3 is 1.77 bits per heavy atom. The van der Waals surface area contributed by atoms with Gasteiger partial charge in [-0.05, 0) is 19.3 Å². The van der Waals surface area contributed by atoms with Crippen LogP contribution in [0.3, 0.4) is 0 Å². The number of esters is 2. The van der Waals surface area contributed by atoms with Crippen molar-refractivity contribution < 1.29 is 24.2 Å². The largest absolute Gasteiger partial charge is 0.462 e. The minimum atomic E-state index is -0.619. The highest BCUT2D eigenvalue weighted by Gasteiger charge is 2.20. The molecule has 0 rings (SSSR count). The number of ether oxygens (including phenoxy) is 2. The second-order valence-corrected chi connectivity index (χ2v) is 6.81. The van der Waals surface area contributed by atoms with E-state index in [1.165, 1.54) is 52.4 Å². The third-order valence-electron chi connectivity index (χ3n) is 4.24. The summed E-state index contributed by atoms with van der Waals surface area (Å²) >= 11 is 0. The zero-order chi connectivity index (χ0) is 19.6. The van der Waals surface area contributed by atoms with E-state index in [9.17, 15) is 14.7 Å². The second-order valence-electron chi connectivity index (χ2n) is 6.81. The van der Waals surface area contributed by atoms with Gasteiger partial charge in [0.25, 0.3) is 0 Å². The van der Waals surface area contributed by atoms with Crippen molar-refractivity contribution in [2.24, 2.45) is 0 Å². The van der Waals surface area contributed by atoms with E-state index in [1.54, 1.807) is 0 Å². The predicted molar refractivity (Wildman–Crippen MR) is 102 cm³/mol. The van der Waals surface area contributed by atoms with E-state index >= 15 is 0 Å². The standard InChI is InChI=1S/C21H36O5/c1-4-5-6-7-8-9-10-11-12-13-14-15-20(25-18(2)23)16-21(17-22)26-19(3)24/h1,20-22H,5-17H2,2-3H3/t20-,21-/m1/s1. The molecule has 26 heavy (non-hydrogen) atoms. The molecule has 0 saturated heterocycles. The van der Waals surface area contributed by atoms with E-state index in [0.29, 0.717) is 6.42 Å². The van der Waals surface area contributed by atoms with Crippen molar-refractivity contribution in [3.8, 4) is 12.3 Å². The average Bonchev–Trinajstić information content (AvgIpc) is 2.57. The van der Waals surface area contributed by atoms with Crippen molar-refractivity contribution in [3.63, 3.8) is 0 Å². The molecule has 0 amide bonds. The van der Waals surface area contributed by atoms with Crippen LogP contribution in [0.15, 0.2) is 0 Å². The Morgan fingerprint density at radius 2 is 1.31 bits per heavy atom. The lowest BCUT2D eigenvalue weighted by atomic mass is 10.0. The molecule has 0 heterocycles. The number of aliphatic hydroxyl groups excluding tert-OH is 1. The van der Waals surface area contributed by atoms with Crippen molar-refractivity contribution in [2.45, 2.75) is 103 Å². The van der Waals surface area contributed by atoms with Crippen LogP contribution in [0.5, 0.6) is 0 Å². The van der Waals surface area contributed by atoms with Crippen LogP contribution in [0.25, 0.3) is 0 Å².